The van der Waals surface area contributed by atoms with Crippen LogP contribution in [0.3, 0.4) is 0 Å². The van der Waals surface area contributed by atoms with E-state index in [2.05, 4.69) is 5.32 Å². The zero-order chi connectivity index (χ0) is 21.3. The lowest BCUT2D eigenvalue weighted by molar-refractivity contribution is -0.118. The molecule has 2 aromatic carbocycles. The predicted molar refractivity (Wildman–Crippen MR) is 115 cm³/mol. The maximum absolute atomic E-state index is 13.5. The van der Waals surface area contributed by atoms with Gasteiger partial charge >= 0.3 is 0 Å². The molecule has 1 aliphatic heterocycles. The number of nitrogens with zero attached hydrogens (tertiary/aromatic N) is 2. The van der Waals surface area contributed by atoms with Crippen molar-refractivity contribution in [3.8, 4) is 28.1 Å². The van der Waals surface area contributed by atoms with Gasteiger partial charge in [-0.1, -0.05) is 6.07 Å². The number of amides is 1. The molecular weight excluding hydrogens is 405 g/mol. The molecule has 1 amide bonds. The van der Waals surface area contributed by atoms with Crippen LogP contribution < -0.4 is 10.1 Å². The molecule has 1 atom stereocenters. The molecule has 2 heterocycles. The average molecular weight is 428 g/mol. The zero-order valence-corrected chi connectivity index (χ0v) is 17.6. The molecule has 0 fully saturated rings. The van der Waals surface area contributed by atoms with E-state index in [1.807, 2.05) is 29.8 Å². The normalized spacial score (nSPS) is 14.0. The van der Waals surface area contributed by atoms with Gasteiger partial charge in [0.15, 0.2) is 6.61 Å². The average Bonchev–Trinajstić information content (AvgIpc) is 3.03. The first-order chi connectivity index (χ1) is 14.4. The van der Waals surface area contributed by atoms with Crippen LogP contribution >= 0.6 is 0 Å². The van der Waals surface area contributed by atoms with E-state index in [1.165, 1.54) is 12.1 Å². The molecule has 0 aliphatic carbocycles. The van der Waals surface area contributed by atoms with Gasteiger partial charge in [-0.25, -0.2) is 4.39 Å². The summed E-state index contributed by atoms with van der Waals surface area (Å²) in [7, 11) is -0.878. The van der Waals surface area contributed by atoms with Crippen LogP contribution in [0.4, 0.5) is 10.1 Å². The van der Waals surface area contributed by atoms with Gasteiger partial charge in [-0.15, -0.1) is 0 Å². The minimum Gasteiger partial charge on any atom is -0.482 e. The van der Waals surface area contributed by atoms with E-state index in [1.54, 1.807) is 18.4 Å². The fourth-order valence-electron chi connectivity index (χ4n) is 3.65. The van der Waals surface area contributed by atoms with Crippen molar-refractivity contribution in [2.75, 3.05) is 23.9 Å². The van der Waals surface area contributed by atoms with Crippen molar-refractivity contribution in [3.05, 3.63) is 54.0 Å². The van der Waals surface area contributed by atoms with Crippen molar-refractivity contribution < 1.29 is 18.1 Å². The van der Waals surface area contributed by atoms with Gasteiger partial charge in [0.25, 0.3) is 5.91 Å². The standard InChI is InChI=1S/C22H22FN3O3S/c1-14-21(16-6-9-19-18(12-16)24-20(27)13-29-19)22(15-4-7-17(23)8-5-15)26(25-14)10-3-11-30(2)28/h4-9,12H,3,10-11,13H2,1-2H3,(H,24,27). The fraction of sp³-hybridized carbons (Fsp3) is 0.273. The lowest BCUT2D eigenvalue weighted by atomic mass is 9.98. The number of fused-ring (bicyclic) bond motifs is 1. The van der Waals surface area contributed by atoms with Gasteiger partial charge in [-0.05, 0) is 55.3 Å². The van der Waals surface area contributed by atoms with E-state index in [-0.39, 0.29) is 18.3 Å². The predicted octanol–water partition coefficient (Wildman–Crippen LogP) is 3.76. The Morgan fingerprint density at radius 1 is 1.20 bits per heavy atom. The monoisotopic (exact) mass is 427 g/mol. The summed E-state index contributed by atoms with van der Waals surface area (Å²) in [4.78, 5) is 11.7. The third-order valence-electron chi connectivity index (χ3n) is 4.95. The van der Waals surface area contributed by atoms with Crippen molar-refractivity contribution in [2.24, 2.45) is 0 Å². The highest BCUT2D eigenvalue weighted by Gasteiger charge is 2.22. The van der Waals surface area contributed by atoms with Gasteiger partial charge in [0.2, 0.25) is 0 Å². The fourth-order valence-corrected chi connectivity index (χ4v) is 4.18. The van der Waals surface area contributed by atoms with Crippen molar-refractivity contribution in [3.63, 3.8) is 0 Å². The van der Waals surface area contributed by atoms with E-state index in [0.29, 0.717) is 30.2 Å². The molecule has 1 unspecified atom stereocenters. The second-order valence-corrected chi connectivity index (χ2v) is 8.77. The molecule has 1 aromatic heterocycles. The van der Waals surface area contributed by atoms with E-state index < -0.39 is 10.8 Å². The molecule has 3 aromatic rings. The first kappa shape index (κ1) is 20.3. The minimum atomic E-state index is -0.878. The maximum Gasteiger partial charge on any atom is 0.262 e. The number of hydrogen-bond donors (Lipinski definition) is 1. The lowest BCUT2D eigenvalue weighted by Gasteiger charge is -2.19. The van der Waals surface area contributed by atoms with Crippen LogP contribution in [0.15, 0.2) is 42.5 Å². The Morgan fingerprint density at radius 3 is 2.67 bits per heavy atom. The number of carbonyl (C=O) groups is 1. The second-order valence-electron chi connectivity index (χ2n) is 7.22. The Balaban J connectivity index is 1.81. The number of nitrogens with one attached hydrogen (secondary N) is 1. The van der Waals surface area contributed by atoms with Crippen molar-refractivity contribution >= 4 is 22.4 Å². The molecule has 1 aliphatic rings. The van der Waals surface area contributed by atoms with Crippen molar-refractivity contribution in [2.45, 2.75) is 19.9 Å². The summed E-state index contributed by atoms with van der Waals surface area (Å²) in [5, 5.41) is 7.55. The molecule has 156 valence electrons. The van der Waals surface area contributed by atoms with Crippen LogP contribution in [0.25, 0.3) is 22.4 Å². The van der Waals surface area contributed by atoms with Gasteiger partial charge in [0, 0.05) is 40.5 Å². The molecular formula is C22H22FN3O3S. The molecule has 6 nitrogen and oxygen atoms in total. The largest absolute Gasteiger partial charge is 0.482 e. The van der Waals surface area contributed by atoms with Crippen LogP contribution in [-0.4, -0.2) is 38.5 Å². The molecule has 0 spiro atoms. The zero-order valence-electron chi connectivity index (χ0n) is 16.8. The van der Waals surface area contributed by atoms with E-state index in [0.717, 1.165) is 28.1 Å². The molecule has 0 radical (unpaired) electrons. The van der Waals surface area contributed by atoms with Gasteiger partial charge in [0.1, 0.15) is 11.6 Å². The Morgan fingerprint density at radius 2 is 1.93 bits per heavy atom. The number of halogens is 1. The summed E-state index contributed by atoms with van der Waals surface area (Å²) in [5.74, 6) is 0.702. The summed E-state index contributed by atoms with van der Waals surface area (Å²) < 4.78 is 32.4. The Labute approximate surface area is 176 Å². The Hall–Kier alpha value is -3.00. The van der Waals surface area contributed by atoms with E-state index >= 15 is 0 Å². The number of rotatable bonds is 6. The third-order valence-corrected chi connectivity index (χ3v) is 5.81. The number of aryl methyl sites for hydroxylation is 2. The highest BCUT2D eigenvalue weighted by molar-refractivity contribution is 7.84. The summed E-state index contributed by atoms with van der Waals surface area (Å²) in [5.41, 5.74) is 4.90. The number of carbonyl (C=O) groups excluding carboxylic acids is 1. The maximum atomic E-state index is 13.5. The van der Waals surface area contributed by atoms with Crippen LogP contribution in [0, 0.1) is 12.7 Å². The highest BCUT2D eigenvalue weighted by Crippen LogP contribution is 2.39. The number of aromatic nitrogens is 2. The SMILES string of the molecule is Cc1nn(CCCS(C)=O)c(-c2ccc(F)cc2)c1-c1ccc2c(c1)NC(=O)CO2. The lowest BCUT2D eigenvalue weighted by Crippen LogP contribution is -2.25. The Kier molecular flexibility index (Phi) is 5.67. The molecule has 8 heteroatoms. The molecule has 0 bridgehead atoms. The quantitative estimate of drug-likeness (QED) is 0.650. The van der Waals surface area contributed by atoms with Gasteiger partial charge in [0.05, 0.1) is 17.1 Å². The smallest absolute Gasteiger partial charge is 0.262 e. The minimum absolute atomic E-state index is 0.00291. The van der Waals surface area contributed by atoms with Crippen LogP contribution in [0.5, 0.6) is 5.75 Å². The van der Waals surface area contributed by atoms with Crippen LogP contribution in [0.2, 0.25) is 0 Å². The summed E-state index contributed by atoms with van der Waals surface area (Å²) in [6.45, 7) is 2.52. The number of ether oxygens (including phenoxy) is 1. The summed E-state index contributed by atoms with van der Waals surface area (Å²) in [6, 6.07) is 11.9. The van der Waals surface area contributed by atoms with Crippen molar-refractivity contribution in [1.29, 1.82) is 0 Å². The van der Waals surface area contributed by atoms with E-state index in [4.69, 9.17) is 9.84 Å². The van der Waals surface area contributed by atoms with E-state index in [9.17, 15) is 13.4 Å². The van der Waals surface area contributed by atoms with Gasteiger partial charge in [-0.3, -0.25) is 13.7 Å². The summed E-state index contributed by atoms with van der Waals surface area (Å²) in [6.07, 6.45) is 2.40. The molecule has 1 N–H and O–H groups in total. The third kappa shape index (κ3) is 4.14. The second kappa shape index (κ2) is 8.39. The van der Waals surface area contributed by atoms with Crippen molar-refractivity contribution in [1.82, 2.24) is 9.78 Å². The number of benzene rings is 2. The van der Waals surface area contributed by atoms with Gasteiger partial charge < -0.3 is 10.1 Å². The molecule has 0 saturated heterocycles. The molecule has 0 saturated carbocycles. The van der Waals surface area contributed by atoms with Crippen LogP contribution in [0.1, 0.15) is 12.1 Å². The number of hydrogen-bond acceptors (Lipinski definition) is 4. The Bertz CT molecular complexity index is 1130. The highest BCUT2D eigenvalue weighted by atomic mass is 32.2. The topological polar surface area (TPSA) is 73.2 Å². The van der Waals surface area contributed by atoms with Gasteiger partial charge in [-0.2, -0.15) is 5.10 Å². The molecule has 4 rings (SSSR count). The number of anilines is 1. The summed E-state index contributed by atoms with van der Waals surface area (Å²) >= 11 is 0. The first-order valence-corrected chi connectivity index (χ1v) is 11.4. The molecule has 30 heavy (non-hydrogen) atoms. The van der Waals surface area contributed by atoms with Crippen LogP contribution in [-0.2, 0) is 22.1 Å². The first-order valence-electron chi connectivity index (χ1n) is 9.63.